The Balaban J connectivity index is 1.55. The number of hydrazine groups is 1. The number of hydrogen-bond donors (Lipinski definition) is 4. The predicted octanol–water partition coefficient (Wildman–Crippen LogP) is 3.22. The first-order valence-corrected chi connectivity index (χ1v) is 11.4. The summed E-state index contributed by atoms with van der Waals surface area (Å²) in [6.45, 7) is 1.85. The molecule has 4 N–H and O–H groups in total. The van der Waals surface area contributed by atoms with Crippen molar-refractivity contribution in [3.8, 4) is 17.2 Å². The van der Waals surface area contributed by atoms with E-state index < -0.39 is 11.8 Å². The largest absolute Gasteiger partial charge is 0.493 e. The Kier molecular flexibility index (Phi) is 9.00. The summed E-state index contributed by atoms with van der Waals surface area (Å²) in [4.78, 5) is 37.5. The number of nitrogens with one attached hydrogen (secondary N) is 4. The van der Waals surface area contributed by atoms with Gasteiger partial charge in [-0.3, -0.25) is 30.6 Å². The third kappa shape index (κ3) is 6.73. The SMILES string of the molecule is COc1cc(C(=O)NC(=S)NNC(=O)c2ccc(NC(=O)c3ccccc3C)cc2)cc(OC)c1OC. The Morgan fingerprint density at radius 3 is 1.92 bits per heavy atom. The van der Waals surface area contributed by atoms with Crippen LogP contribution in [-0.4, -0.2) is 44.2 Å². The summed E-state index contributed by atoms with van der Waals surface area (Å²) in [6, 6.07) is 16.5. The lowest BCUT2D eigenvalue weighted by Gasteiger charge is -2.15. The molecule has 0 unspecified atom stereocenters. The molecule has 3 amide bonds. The van der Waals surface area contributed by atoms with Gasteiger partial charge in [-0.25, -0.2) is 0 Å². The fraction of sp³-hybridized carbons (Fsp3) is 0.154. The van der Waals surface area contributed by atoms with Crippen molar-refractivity contribution in [1.82, 2.24) is 16.2 Å². The van der Waals surface area contributed by atoms with Crippen LogP contribution in [0.3, 0.4) is 0 Å². The third-order valence-electron chi connectivity index (χ3n) is 5.24. The number of aryl methyl sites for hydroxylation is 1. The number of carbonyl (C=O) groups is 3. The van der Waals surface area contributed by atoms with Crippen molar-refractivity contribution in [2.45, 2.75) is 6.92 Å². The van der Waals surface area contributed by atoms with Gasteiger partial charge in [-0.05, 0) is 67.2 Å². The highest BCUT2D eigenvalue weighted by Crippen LogP contribution is 2.38. The first-order chi connectivity index (χ1) is 17.8. The third-order valence-corrected chi connectivity index (χ3v) is 5.44. The highest BCUT2D eigenvalue weighted by molar-refractivity contribution is 7.80. The Morgan fingerprint density at radius 1 is 0.730 bits per heavy atom. The molecule has 0 fully saturated rings. The zero-order valence-corrected chi connectivity index (χ0v) is 21.4. The number of rotatable bonds is 7. The minimum atomic E-state index is -0.556. The molecule has 0 aliphatic heterocycles. The van der Waals surface area contributed by atoms with Gasteiger partial charge < -0.3 is 19.5 Å². The molecule has 11 heteroatoms. The minimum absolute atomic E-state index is 0.130. The number of ether oxygens (including phenoxy) is 3. The van der Waals surface area contributed by atoms with Crippen LogP contribution in [0.2, 0.25) is 0 Å². The first-order valence-electron chi connectivity index (χ1n) is 11.0. The fourth-order valence-electron chi connectivity index (χ4n) is 3.34. The molecule has 3 rings (SSSR count). The zero-order chi connectivity index (χ0) is 26.9. The van der Waals surface area contributed by atoms with E-state index in [9.17, 15) is 14.4 Å². The van der Waals surface area contributed by atoms with Crippen molar-refractivity contribution in [2.24, 2.45) is 0 Å². The second kappa shape index (κ2) is 12.4. The topological polar surface area (TPSA) is 127 Å². The molecule has 0 radical (unpaired) electrons. The van der Waals surface area contributed by atoms with E-state index in [1.165, 1.54) is 33.5 Å². The summed E-state index contributed by atoms with van der Waals surface area (Å²) in [5.41, 5.74) is 7.35. The van der Waals surface area contributed by atoms with Gasteiger partial charge in [-0.15, -0.1) is 0 Å². The van der Waals surface area contributed by atoms with Crippen molar-refractivity contribution >= 4 is 40.7 Å². The van der Waals surface area contributed by atoms with Crippen molar-refractivity contribution in [3.63, 3.8) is 0 Å². The van der Waals surface area contributed by atoms with E-state index in [1.54, 1.807) is 36.4 Å². The summed E-state index contributed by atoms with van der Waals surface area (Å²) in [5.74, 6) is -0.350. The average Bonchev–Trinajstić information content (AvgIpc) is 2.91. The Bertz CT molecular complexity index is 1300. The fourth-order valence-corrected chi connectivity index (χ4v) is 3.48. The molecule has 10 nitrogen and oxygen atoms in total. The van der Waals surface area contributed by atoms with Crippen LogP contribution in [0.25, 0.3) is 0 Å². The van der Waals surface area contributed by atoms with Crippen molar-refractivity contribution < 1.29 is 28.6 Å². The molecule has 0 aliphatic rings. The Labute approximate surface area is 219 Å². The summed E-state index contributed by atoms with van der Waals surface area (Å²) >= 11 is 5.10. The molecule has 0 heterocycles. The van der Waals surface area contributed by atoms with Crippen LogP contribution in [0.15, 0.2) is 60.7 Å². The summed E-state index contributed by atoms with van der Waals surface area (Å²) in [7, 11) is 4.33. The number of hydrogen-bond acceptors (Lipinski definition) is 7. The predicted molar refractivity (Wildman–Crippen MR) is 142 cm³/mol. The first kappa shape index (κ1) is 27.0. The molecule has 0 aliphatic carbocycles. The van der Waals surface area contributed by atoms with E-state index >= 15 is 0 Å². The summed E-state index contributed by atoms with van der Waals surface area (Å²) in [6.07, 6.45) is 0. The van der Waals surface area contributed by atoms with Gasteiger partial charge in [0.25, 0.3) is 17.7 Å². The average molecular weight is 523 g/mol. The van der Waals surface area contributed by atoms with Crippen LogP contribution in [0.5, 0.6) is 17.2 Å². The zero-order valence-electron chi connectivity index (χ0n) is 20.6. The van der Waals surface area contributed by atoms with E-state index in [4.69, 9.17) is 26.4 Å². The molecule has 3 aromatic carbocycles. The van der Waals surface area contributed by atoms with Gasteiger partial charge in [0.15, 0.2) is 16.6 Å². The van der Waals surface area contributed by atoms with E-state index in [0.717, 1.165) is 5.56 Å². The second-order valence-corrected chi connectivity index (χ2v) is 8.03. The number of thiocarbonyl (C=S) groups is 1. The summed E-state index contributed by atoms with van der Waals surface area (Å²) in [5, 5.41) is 5.13. The van der Waals surface area contributed by atoms with Crippen molar-refractivity contribution in [1.29, 1.82) is 0 Å². The summed E-state index contributed by atoms with van der Waals surface area (Å²) < 4.78 is 15.7. The standard InChI is InChI=1S/C26H26N4O6S/c1-15-7-5-6-8-19(15)25(33)27-18-11-9-16(10-12-18)24(32)29-30-26(37)28-23(31)17-13-20(34-2)22(36-4)21(14-17)35-3/h5-14H,1-4H3,(H,27,33)(H,29,32)(H2,28,30,31,37). The van der Waals surface area contributed by atoms with Crippen LogP contribution < -0.4 is 35.7 Å². The Morgan fingerprint density at radius 2 is 1.35 bits per heavy atom. The van der Waals surface area contributed by atoms with Gasteiger partial charge >= 0.3 is 0 Å². The molecule has 3 aromatic rings. The monoisotopic (exact) mass is 522 g/mol. The molecule has 37 heavy (non-hydrogen) atoms. The van der Waals surface area contributed by atoms with Crippen LogP contribution in [0.1, 0.15) is 36.6 Å². The highest BCUT2D eigenvalue weighted by Gasteiger charge is 2.18. The molecule has 0 spiro atoms. The maximum absolute atomic E-state index is 12.6. The van der Waals surface area contributed by atoms with Gasteiger partial charge in [0.1, 0.15) is 0 Å². The number of carbonyl (C=O) groups excluding carboxylic acids is 3. The highest BCUT2D eigenvalue weighted by atomic mass is 32.1. The van der Waals surface area contributed by atoms with E-state index in [0.29, 0.717) is 34.1 Å². The number of benzene rings is 3. The van der Waals surface area contributed by atoms with Crippen LogP contribution in [0, 0.1) is 6.92 Å². The van der Waals surface area contributed by atoms with Crippen molar-refractivity contribution in [3.05, 3.63) is 82.9 Å². The molecule has 0 saturated heterocycles. The molecule has 192 valence electrons. The number of amides is 3. The van der Waals surface area contributed by atoms with Gasteiger partial charge in [0, 0.05) is 22.4 Å². The second-order valence-electron chi connectivity index (χ2n) is 7.62. The van der Waals surface area contributed by atoms with Crippen LogP contribution >= 0.6 is 12.2 Å². The van der Waals surface area contributed by atoms with Gasteiger partial charge in [0.2, 0.25) is 5.75 Å². The minimum Gasteiger partial charge on any atom is -0.493 e. The Hall–Kier alpha value is -4.64. The maximum Gasteiger partial charge on any atom is 0.269 e. The van der Waals surface area contributed by atoms with Gasteiger partial charge in [-0.1, -0.05) is 18.2 Å². The lowest BCUT2D eigenvalue weighted by Crippen LogP contribution is -2.48. The molecular formula is C26H26N4O6S. The van der Waals surface area contributed by atoms with Crippen LogP contribution in [0.4, 0.5) is 5.69 Å². The maximum atomic E-state index is 12.6. The van der Waals surface area contributed by atoms with E-state index in [2.05, 4.69) is 21.5 Å². The van der Waals surface area contributed by atoms with Crippen LogP contribution in [-0.2, 0) is 0 Å². The van der Waals surface area contributed by atoms with Crippen molar-refractivity contribution in [2.75, 3.05) is 26.6 Å². The number of methoxy groups -OCH3 is 3. The number of anilines is 1. The molecule has 0 saturated carbocycles. The van der Waals surface area contributed by atoms with E-state index in [-0.39, 0.29) is 16.6 Å². The normalized spacial score (nSPS) is 10.1. The molecule has 0 aromatic heterocycles. The lowest BCUT2D eigenvalue weighted by atomic mass is 10.1. The van der Waals surface area contributed by atoms with Gasteiger partial charge in [0.05, 0.1) is 21.3 Å². The van der Waals surface area contributed by atoms with Gasteiger partial charge in [-0.2, -0.15) is 0 Å². The lowest BCUT2D eigenvalue weighted by molar-refractivity contribution is 0.0934. The molecule has 0 bridgehead atoms. The quantitative estimate of drug-likeness (QED) is 0.275. The molecule has 0 atom stereocenters. The smallest absolute Gasteiger partial charge is 0.269 e. The molecular weight excluding hydrogens is 496 g/mol. The van der Waals surface area contributed by atoms with E-state index in [1.807, 2.05) is 19.1 Å².